The van der Waals surface area contributed by atoms with Crippen LogP contribution in [-0.2, 0) is 4.79 Å². The first kappa shape index (κ1) is 15.2. The van der Waals surface area contributed by atoms with Crippen LogP contribution < -0.4 is 10.2 Å². The molecule has 2 rings (SSSR count). The number of hydrogen-bond donors (Lipinski definition) is 2. The number of carbonyl (C=O) groups is 2. The van der Waals surface area contributed by atoms with Crippen LogP contribution in [0.1, 0.15) is 6.92 Å². The number of nitrogens with zero attached hydrogens (tertiary/aromatic N) is 2. The molecule has 1 aliphatic rings. The van der Waals surface area contributed by atoms with Gasteiger partial charge in [-0.1, -0.05) is 6.07 Å². The number of carbonyl (C=O) groups excluding carboxylic acids is 1. The van der Waals surface area contributed by atoms with Gasteiger partial charge >= 0.3 is 6.09 Å². The normalized spacial score (nSPS) is 22.2. The molecule has 0 spiro atoms. The number of Topliss-reactive ketones (excluding diaryl/α,β-unsaturated/α-hetero) is 1. The van der Waals surface area contributed by atoms with E-state index in [1.807, 2.05) is 0 Å². The zero-order valence-corrected chi connectivity index (χ0v) is 12.0. The van der Waals surface area contributed by atoms with Crippen molar-refractivity contribution in [3.63, 3.8) is 0 Å². The smallest absolute Gasteiger partial charge is 0.409 e. The molecule has 0 bridgehead atoms. The monoisotopic (exact) mass is 295 g/mol. The van der Waals surface area contributed by atoms with Crippen LogP contribution in [0.5, 0.6) is 0 Å². The molecular formula is C14H18FN3O3. The summed E-state index contributed by atoms with van der Waals surface area (Å²) in [5.41, 5.74) is -0.697. The highest BCUT2D eigenvalue weighted by molar-refractivity contribution is 5.90. The predicted molar refractivity (Wildman–Crippen MR) is 75.8 cm³/mol. The number of hydrogen-bond acceptors (Lipinski definition) is 4. The average Bonchev–Trinajstić information content (AvgIpc) is 2.46. The van der Waals surface area contributed by atoms with Gasteiger partial charge in [0.2, 0.25) is 0 Å². The Morgan fingerprint density at radius 1 is 1.38 bits per heavy atom. The molecule has 114 valence electrons. The molecule has 1 aromatic carbocycles. The number of likely N-dealkylation sites (N-methyl/N-ethyl adjacent to an activating group) is 1. The SMILES string of the molecule is CNC1(C(C)=O)CN(c2cccc(F)c2)CCN1C(=O)O. The number of carboxylic acid groups (broad SMARTS) is 1. The molecule has 1 fully saturated rings. The van der Waals surface area contributed by atoms with E-state index in [4.69, 9.17) is 0 Å². The Kier molecular flexibility index (Phi) is 4.13. The highest BCUT2D eigenvalue weighted by atomic mass is 19.1. The van der Waals surface area contributed by atoms with Gasteiger partial charge in [-0.15, -0.1) is 0 Å². The summed E-state index contributed by atoms with van der Waals surface area (Å²) < 4.78 is 13.3. The van der Waals surface area contributed by atoms with Crippen LogP contribution in [-0.4, -0.2) is 54.2 Å². The van der Waals surface area contributed by atoms with Crippen molar-refractivity contribution < 1.29 is 19.1 Å². The van der Waals surface area contributed by atoms with E-state index in [1.54, 1.807) is 24.1 Å². The van der Waals surface area contributed by atoms with Crippen LogP contribution in [0.25, 0.3) is 0 Å². The molecular weight excluding hydrogens is 277 g/mol. The molecule has 0 aliphatic carbocycles. The Morgan fingerprint density at radius 3 is 2.62 bits per heavy atom. The van der Waals surface area contributed by atoms with Crippen molar-refractivity contribution in [3.8, 4) is 0 Å². The lowest BCUT2D eigenvalue weighted by Crippen LogP contribution is -2.73. The van der Waals surface area contributed by atoms with Gasteiger partial charge in [-0.05, 0) is 32.2 Å². The molecule has 1 amide bonds. The van der Waals surface area contributed by atoms with Crippen molar-refractivity contribution in [3.05, 3.63) is 30.1 Å². The van der Waals surface area contributed by atoms with E-state index < -0.39 is 11.8 Å². The van der Waals surface area contributed by atoms with Gasteiger partial charge in [0, 0.05) is 18.8 Å². The van der Waals surface area contributed by atoms with Crippen molar-refractivity contribution >= 4 is 17.6 Å². The summed E-state index contributed by atoms with van der Waals surface area (Å²) in [7, 11) is 1.55. The lowest BCUT2D eigenvalue weighted by Gasteiger charge is -2.48. The quantitative estimate of drug-likeness (QED) is 0.874. The lowest BCUT2D eigenvalue weighted by molar-refractivity contribution is -0.130. The Labute approximate surface area is 122 Å². The minimum Gasteiger partial charge on any atom is -0.465 e. The van der Waals surface area contributed by atoms with E-state index >= 15 is 0 Å². The summed E-state index contributed by atoms with van der Waals surface area (Å²) in [6.07, 6.45) is -1.15. The fourth-order valence-electron chi connectivity index (χ4n) is 2.70. The summed E-state index contributed by atoms with van der Waals surface area (Å²) in [5, 5.41) is 12.1. The second-order valence-corrected chi connectivity index (χ2v) is 5.00. The van der Waals surface area contributed by atoms with E-state index in [-0.39, 0.29) is 24.7 Å². The van der Waals surface area contributed by atoms with Gasteiger partial charge < -0.3 is 10.0 Å². The first-order valence-electron chi connectivity index (χ1n) is 6.62. The van der Waals surface area contributed by atoms with E-state index in [2.05, 4.69) is 5.32 Å². The molecule has 2 N–H and O–H groups in total. The number of nitrogens with one attached hydrogen (secondary N) is 1. The van der Waals surface area contributed by atoms with Gasteiger partial charge in [-0.2, -0.15) is 0 Å². The third-order valence-corrected chi connectivity index (χ3v) is 3.87. The predicted octanol–water partition coefficient (Wildman–Crippen LogP) is 1.13. The summed E-state index contributed by atoms with van der Waals surface area (Å²) in [4.78, 5) is 26.3. The zero-order chi connectivity index (χ0) is 15.6. The van der Waals surface area contributed by atoms with Gasteiger partial charge in [0.1, 0.15) is 5.82 Å². The molecule has 1 unspecified atom stereocenters. The standard InChI is InChI=1S/C14H18FN3O3/c1-10(19)14(16-2)9-17(6-7-18(14)13(20)21)12-5-3-4-11(15)8-12/h3-5,8,16H,6-7,9H2,1-2H3,(H,20,21). The van der Waals surface area contributed by atoms with Crippen LogP contribution in [0.3, 0.4) is 0 Å². The summed E-state index contributed by atoms with van der Waals surface area (Å²) in [6.45, 7) is 2.04. The van der Waals surface area contributed by atoms with Crippen molar-refractivity contribution in [2.75, 3.05) is 31.6 Å². The van der Waals surface area contributed by atoms with Gasteiger partial charge in [0.15, 0.2) is 11.4 Å². The van der Waals surface area contributed by atoms with Gasteiger partial charge in [-0.3, -0.25) is 15.0 Å². The fraction of sp³-hybridized carbons (Fsp3) is 0.429. The second kappa shape index (κ2) is 5.69. The first-order chi connectivity index (χ1) is 9.90. The molecule has 0 saturated carbocycles. The van der Waals surface area contributed by atoms with Crippen LogP contribution in [0.2, 0.25) is 0 Å². The molecule has 1 heterocycles. The average molecular weight is 295 g/mol. The Balaban J connectivity index is 2.35. The number of rotatable bonds is 3. The number of halogens is 1. The van der Waals surface area contributed by atoms with Gasteiger partial charge in [0.25, 0.3) is 0 Å². The van der Waals surface area contributed by atoms with E-state index in [0.717, 1.165) is 4.90 Å². The van der Waals surface area contributed by atoms with Gasteiger partial charge in [-0.25, -0.2) is 9.18 Å². The summed E-state index contributed by atoms with van der Waals surface area (Å²) in [5.74, 6) is -0.667. The van der Waals surface area contributed by atoms with Crippen LogP contribution in [0.4, 0.5) is 14.9 Å². The maximum Gasteiger partial charge on any atom is 0.409 e. The van der Waals surface area contributed by atoms with E-state index in [1.165, 1.54) is 19.1 Å². The maximum absolute atomic E-state index is 13.3. The molecule has 1 aliphatic heterocycles. The molecule has 6 nitrogen and oxygen atoms in total. The Bertz CT molecular complexity index is 566. The minimum atomic E-state index is -1.32. The van der Waals surface area contributed by atoms with Crippen LogP contribution >= 0.6 is 0 Å². The van der Waals surface area contributed by atoms with Crippen molar-refractivity contribution in [1.29, 1.82) is 0 Å². The molecule has 1 saturated heterocycles. The molecule has 1 atom stereocenters. The maximum atomic E-state index is 13.3. The number of anilines is 1. The molecule has 21 heavy (non-hydrogen) atoms. The lowest BCUT2D eigenvalue weighted by atomic mass is 9.99. The number of benzene rings is 1. The van der Waals surface area contributed by atoms with E-state index in [9.17, 15) is 19.1 Å². The third-order valence-electron chi connectivity index (χ3n) is 3.87. The zero-order valence-electron chi connectivity index (χ0n) is 12.0. The number of piperazine rings is 1. The largest absolute Gasteiger partial charge is 0.465 e. The summed E-state index contributed by atoms with van der Waals surface area (Å²) >= 11 is 0. The Hall–Kier alpha value is -2.15. The minimum absolute atomic E-state index is 0.134. The van der Waals surface area contributed by atoms with E-state index in [0.29, 0.717) is 12.2 Å². The molecule has 7 heteroatoms. The molecule has 0 aromatic heterocycles. The topological polar surface area (TPSA) is 72.9 Å². The van der Waals surface area contributed by atoms with Gasteiger partial charge in [0.05, 0.1) is 6.54 Å². The first-order valence-corrected chi connectivity index (χ1v) is 6.62. The number of amides is 1. The van der Waals surface area contributed by atoms with Crippen molar-refractivity contribution in [2.24, 2.45) is 0 Å². The van der Waals surface area contributed by atoms with Crippen molar-refractivity contribution in [1.82, 2.24) is 10.2 Å². The highest BCUT2D eigenvalue weighted by Gasteiger charge is 2.47. The number of ketones is 1. The second-order valence-electron chi connectivity index (χ2n) is 5.00. The van der Waals surface area contributed by atoms with Crippen LogP contribution in [0, 0.1) is 5.82 Å². The Morgan fingerprint density at radius 2 is 2.10 bits per heavy atom. The summed E-state index contributed by atoms with van der Waals surface area (Å²) in [6, 6.07) is 6.04. The fourth-order valence-corrected chi connectivity index (χ4v) is 2.70. The third kappa shape index (κ3) is 2.69. The molecule has 1 aromatic rings. The van der Waals surface area contributed by atoms with Crippen LogP contribution in [0.15, 0.2) is 24.3 Å². The van der Waals surface area contributed by atoms with Crippen molar-refractivity contribution in [2.45, 2.75) is 12.6 Å². The highest BCUT2D eigenvalue weighted by Crippen LogP contribution is 2.25. The molecule has 0 radical (unpaired) electrons.